The largest absolute Gasteiger partial charge is 0.325 e. The summed E-state index contributed by atoms with van der Waals surface area (Å²) in [5.41, 5.74) is 3.04. The minimum absolute atomic E-state index is 0.153. The zero-order valence-corrected chi connectivity index (χ0v) is 22.1. The van der Waals surface area contributed by atoms with Crippen molar-refractivity contribution in [3.8, 4) is 11.4 Å². The highest BCUT2D eigenvalue weighted by Gasteiger charge is 2.15. The van der Waals surface area contributed by atoms with Crippen molar-refractivity contribution in [2.75, 3.05) is 16.4 Å². The van der Waals surface area contributed by atoms with E-state index in [-0.39, 0.29) is 17.6 Å². The molecule has 7 nitrogen and oxygen atoms in total. The van der Waals surface area contributed by atoms with Crippen LogP contribution in [0.3, 0.4) is 0 Å². The number of anilines is 2. The van der Waals surface area contributed by atoms with Gasteiger partial charge in [-0.25, -0.2) is 0 Å². The molecule has 4 aromatic rings. The summed E-state index contributed by atoms with van der Waals surface area (Å²) in [7, 11) is 0. The molecule has 0 aliphatic rings. The number of hydrogen-bond donors (Lipinski definition) is 2. The molecule has 0 fully saturated rings. The predicted octanol–water partition coefficient (Wildman–Crippen LogP) is 6.65. The summed E-state index contributed by atoms with van der Waals surface area (Å²) < 4.78 is 1.94. The Bertz CT molecular complexity index is 1420. The quantitative estimate of drug-likeness (QED) is 0.179. The Morgan fingerprint density at radius 3 is 2.35 bits per heavy atom. The Morgan fingerprint density at radius 2 is 1.65 bits per heavy atom. The average molecular weight is 552 g/mol. The van der Waals surface area contributed by atoms with Gasteiger partial charge in [0.1, 0.15) is 0 Å². The third-order valence-corrected chi connectivity index (χ3v) is 6.91. The third kappa shape index (κ3) is 7.22. The summed E-state index contributed by atoms with van der Waals surface area (Å²) in [5, 5.41) is 15.7. The van der Waals surface area contributed by atoms with Crippen LogP contribution in [0, 0.1) is 0 Å². The first-order chi connectivity index (χ1) is 17.9. The van der Waals surface area contributed by atoms with Crippen LogP contribution in [0.1, 0.15) is 12.5 Å². The fourth-order valence-electron chi connectivity index (χ4n) is 3.42. The second-order valence-corrected chi connectivity index (χ2v) is 9.58. The van der Waals surface area contributed by atoms with E-state index >= 15 is 0 Å². The standard InChI is InChI=1S/C27H23Cl2N5O2S/c1-2-34-26(32-33-27(34)37-17-25(36)31-21-13-14-22(28)23(29)16-21)19-9-11-20(12-10-19)30-24(35)15-8-18-6-4-3-5-7-18/h3-16H,2,17H2,1H3,(H,30,35)(H,31,36). The lowest BCUT2D eigenvalue weighted by Gasteiger charge is -2.09. The highest BCUT2D eigenvalue weighted by molar-refractivity contribution is 7.99. The van der Waals surface area contributed by atoms with Crippen molar-refractivity contribution in [1.82, 2.24) is 14.8 Å². The summed E-state index contributed by atoms with van der Waals surface area (Å²) in [5.74, 6) is 0.416. The number of amides is 2. The van der Waals surface area contributed by atoms with Gasteiger partial charge in [-0.05, 0) is 61.0 Å². The van der Waals surface area contributed by atoms with Gasteiger partial charge in [-0.2, -0.15) is 0 Å². The summed E-state index contributed by atoms with van der Waals surface area (Å²) in [6.07, 6.45) is 3.26. The van der Waals surface area contributed by atoms with Crippen molar-refractivity contribution in [2.24, 2.45) is 0 Å². The SMILES string of the molecule is CCn1c(SCC(=O)Nc2ccc(Cl)c(Cl)c2)nnc1-c1ccc(NC(=O)C=Cc2ccccc2)cc1. The van der Waals surface area contributed by atoms with E-state index in [1.165, 1.54) is 17.8 Å². The maximum Gasteiger partial charge on any atom is 0.248 e. The second-order valence-electron chi connectivity index (χ2n) is 7.83. The van der Waals surface area contributed by atoms with Gasteiger partial charge in [0.05, 0.1) is 15.8 Å². The zero-order valence-electron chi connectivity index (χ0n) is 19.8. The van der Waals surface area contributed by atoms with E-state index < -0.39 is 0 Å². The molecule has 10 heteroatoms. The molecule has 188 valence electrons. The Labute approximate surface area is 228 Å². The summed E-state index contributed by atoms with van der Waals surface area (Å²) in [6, 6.07) is 21.9. The van der Waals surface area contributed by atoms with Crippen molar-refractivity contribution in [3.63, 3.8) is 0 Å². The monoisotopic (exact) mass is 551 g/mol. The minimum atomic E-state index is -0.217. The van der Waals surface area contributed by atoms with Crippen LogP contribution in [0.5, 0.6) is 0 Å². The van der Waals surface area contributed by atoms with Crippen LogP contribution in [0.4, 0.5) is 11.4 Å². The van der Waals surface area contributed by atoms with E-state index in [2.05, 4.69) is 20.8 Å². The molecule has 0 bridgehead atoms. The topological polar surface area (TPSA) is 88.9 Å². The summed E-state index contributed by atoms with van der Waals surface area (Å²) in [4.78, 5) is 24.7. The fourth-order valence-corrected chi connectivity index (χ4v) is 4.52. The molecule has 2 N–H and O–H groups in total. The molecule has 0 saturated heterocycles. The first kappa shape index (κ1) is 26.5. The molecule has 1 aromatic heterocycles. The number of carbonyl (C=O) groups is 2. The first-order valence-electron chi connectivity index (χ1n) is 11.4. The zero-order chi connectivity index (χ0) is 26.2. The molecular formula is C27H23Cl2N5O2S. The number of nitrogens with one attached hydrogen (secondary N) is 2. The van der Waals surface area contributed by atoms with Crippen molar-refractivity contribution in [2.45, 2.75) is 18.6 Å². The van der Waals surface area contributed by atoms with Crippen molar-refractivity contribution < 1.29 is 9.59 Å². The molecule has 0 radical (unpaired) electrons. The smallest absolute Gasteiger partial charge is 0.248 e. The first-order valence-corrected chi connectivity index (χ1v) is 13.1. The van der Waals surface area contributed by atoms with Crippen LogP contribution < -0.4 is 10.6 Å². The van der Waals surface area contributed by atoms with Crippen molar-refractivity contribution >= 4 is 64.2 Å². The van der Waals surface area contributed by atoms with Gasteiger partial charge < -0.3 is 15.2 Å². The van der Waals surface area contributed by atoms with E-state index in [4.69, 9.17) is 23.2 Å². The molecule has 3 aromatic carbocycles. The van der Waals surface area contributed by atoms with Crippen LogP contribution >= 0.6 is 35.0 Å². The van der Waals surface area contributed by atoms with Crippen molar-refractivity contribution in [3.05, 3.63) is 94.5 Å². The van der Waals surface area contributed by atoms with Gasteiger partial charge in [0.15, 0.2) is 11.0 Å². The van der Waals surface area contributed by atoms with Crippen LogP contribution in [0.15, 0.2) is 84.0 Å². The number of thioether (sulfide) groups is 1. The van der Waals surface area contributed by atoms with Gasteiger partial charge in [-0.1, -0.05) is 65.3 Å². The van der Waals surface area contributed by atoms with Crippen LogP contribution in [-0.2, 0) is 16.1 Å². The van der Waals surface area contributed by atoms with E-state index in [1.54, 1.807) is 24.3 Å². The molecule has 0 atom stereocenters. The number of benzene rings is 3. The number of rotatable bonds is 9. The van der Waals surface area contributed by atoms with Gasteiger partial charge in [-0.3, -0.25) is 9.59 Å². The molecule has 2 amide bonds. The third-order valence-electron chi connectivity index (χ3n) is 5.21. The number of hydrogen-bond acceptors (Lipinski definition) is 5. The number of halogens is 2. The minimum Gasteiger partial charge on any atom is -0.325 e. The normalized spacial score (nSPS) is 11.0. The Balaban J connectivity index is 1.36. The van der Waals surface area contributed by atoms with Crippen LogP contribution in [0.2, 0.25) is 10.0 Å². The lowest BCUT2D eigenvalue weighted by molar-refractivity contribution is -0.114. The Morgan fingerprint density at radius 1 is 0.919 bits per heavy atom. The lowest BCUT2D eigenvalue weighted by Crippen LogP contribution is -2.14. The van der Waals surface area contributed by atoms with E-state index in [0.29, 0.717) is 38.9 Å². The number of carbonyl (C=O) groups excluding carboxylic acids is 2. The van der Waals surface area contributed by atoms with Gasteiger partial charge in [0.2, 0.25) is 11.8 Å². The van der Waals surface area contributed by atoms with E-state index in [0.717, 1.165) is 11.1 Å². The molecule has 0 aliphatic heterocycles. The van der Waals surface area contributed by atoms with E-state index in [9.17, 15) is 9.59 Å². The molecule has 0 spiro atoms. The number of aromatic nitrogens is 3. The highest BCUT2D eigenvalue weighted by Crippen LogP contribution is 2.27. The highest BCUT2D eigenvalue weighted by atomic mass is 35.5. The van der Waals surface area contributed by atoms with Gasteiger partial charge in [0, 0.05) is 29.6 Å². The molecule has 37 heavy (non-hydrogen) atoms. The van der Waals surface area contributed by atoms with Crippen LogP contribution in [0.25, 0.3) is 17.5 Å². The molecule has 0 saturated carbocycles. The number of nitrogens with zero attached hydrogens (tertiary/aromatic N) is 3. The molecule has 1 heterocycles. The lowest BCUT2D eigenvalue weighted by atomic mass is 10.2. The van der Waals surface area contributed by atoms with Gasteiger partial charge in [0.25, 0.3) is 0 Å². The maximum absolute atomic E-state index is 12.4. The van der Waals surface area contributed by atoms with Crippen LogP contribution in [-0.4, -0.2) is 32.3 Å². The van der Waals surface area contributed by atoms with Gasteiger partial charge >= 0.3 is 0 Å². The summed E-state index contributed by atoms with van der Waals surface area (Å²) in [6.45, 7) is 2.61. The molecule has 4 rings (SSSR count). The Kier molecular flexibility index (Phi) is 9.00. The van der Waals surface area contributed by atoms with E-state index in [1.807, 2.05) is 66.1 Å². The maximum atomic E-state index is 12.4. The predicted molar refractivity (Wildman–Crippen MR) is 151 cm³/mol. The Hall–Kier alpha value is -3.59. The summed E-state index contributed by atoms with van der Waals surface area (Å²) >= 11 is 13.2. The molecular weight excluding hydrogens is 529 g/mol. The molecule has 0 aliphatic carbocycles. The molecule has 0 unspecified atom stereocenters. The fraction of sp³-hybridized carbons (Fsp3) is 0.111. The van der Waals surface area contributed by atoms with Crippen molar-refractivity contribution in [1.29, 1.82) is 0 Å². The van der Waals surface area contributed by atoms with Gasteiger partial charge in [-0.15, -0.1) is 10.2 Å². The second kappa shape index (κ2) is 12.6. The average Bonchev–Trinajstić information content (AvgIpc) is 3.32.